The van der Waals surface area contributed by atoms with E-state index in [4.69, 9.17) is 0 Å². The second-order valence-corrected chi connectivity index (χ2v) is 7.88. The van der Waals surface area contributed by atoms with Gasteiger partial charge in [0.25, 0.3) is 5.91 Å². The molecule has 0 fully saturated rings. The van der Waals surface area contributed by atoms with E-state index in [1.165, 1.54) is 0 Å². The van der Waals surface area contributed by atoms with Gasteiger partial charge in [0.1, 0.15) is 5.69 Å². The molecule has 1 N–H and O–H groups in total. The summed E-state index contributed by atoms with van der Waals surface area (Å²) in [5, 5.41) is 6.08. The van der Waals surface area contributed by atoms with E-state index in [2.05, 4.69) is 40.2 Å². The summed E-state index contributed by atoms with van der Waals surface area (Å²) in [5.41, 5.74) is 2.95. The lowest BCUT2D eigenvalue weighted by atomic mass is 10.0. The third-order valence-electron chi connectivity index (χ3n) is 4.62. The number of nitrogens with one attached hydrogen (secondary N) is 1. The van der Waals surface area contributed by atoms with Crippen molar-refractivity contribution >= 4 is 28.1 Å². The molecule has 1 atom stereocenters. The van der Waals surface area contributed by atoms with Gasteiger partial charge in [-0.05, 0) is 41.1 Å². The van der Waals surface area contributed by atoms with Crippen LogP contribution in [0.4, 0.5) is 0 Å². The van der Waals surface area contributed by atoms with Gasteiger partial charge in [0, 0.05) is 40.6 Å². The maximum Gasteiger partial charge on any atom is 0.270 e. The molecule has 0 aliphatic heterocycles. The predicted octanol–water partition coefficient (Wildman–Crippen LogP) is 4.88. The fraction of sp³-hybridized carbons (Fsp3) is 0.182. The Labute approximate surface area is 167 Å². The van der Waals surface area contributed by atoms with Crippen molar-refractivity contribution in [1.82, 2.24) is 20.3 Å². The van der Waals surface area contributed by atoms with Crippen molar-refractivity contribution in [2.45, 2.75) is 19.9 Å². The summed E-state index contributed by atoms with van der Waals surface area (Å²) < 4.78 is 0. The van der Waals surface area contributed by atoms with Crippen LogP contribution in [0.3, 0.4) is 0 Å². The number of fused-ring (bicyclic) bond motifs is 1. The van der Waals surface area contributed by atoms with Crippen LogP contribution in [0.15, 0.2) is 66.6 Å². The van der Waals surface area contributed by atoms with Crippen LogP contribution in [-0.4, -0.2) is 20.9 Å². The SMILES string of the molecule is CC(C)C(NC(=O)c1cc(-c2cccnc2)c2cnccc2n1)c1cccs1. The normalized spacial score (nSPS) is 12.2. The molecule has 5 nitrogen and oxygen atoms in total. The number of amides is 1. The Bertz CT molecular complexity index is 1090. The first-order valence-corrected chi connectivity index (χ1v) is 10.0. The highest BCUT2D eigenvalue weighted by atomic mass is 32.1. The lowest BCUT2D eigenvalue weighted by Crippen LogP contribution is -2.31. The van der Waals surface area contributed by atoms with Gasteiger partial charge >= 0.3 is 0 Å². The Morgan fingerprint density at radius 1 is 1.07 bits per heavy atom. The molecule has 4 heterocycles. The zero-order valence-corrected chi connectivity index (χ0v) is 16.5. The van der Waals surface area contributed by atoms with Crippen molar-refractivity contribution in [2.75, 3.05) is 0 Å². The number of thiophene rings is 1. The number of carbonyl (C=O) groups excluding carboxylic acids is 1. The van der Waals surface area contributed by atoms with Gasteiger partial charge < -0.3 is 5.32 Å². The smallest absolute Gasteiger partial charge is 0.270 e. The van der Waals surface area contributed by atoms with Gasteiger partial charge in [0.15, 0.2) is 0 Å². The lowest BCUT2D eigenvalue weighted by molar-refractivity contribution is 0.0922. The van der Waals surface area contributed by atoms with E-state index in [1.54, 1.807) is 36.1 Å². The van der Waals surface area contributed by atoms with Gasteiger partial charge in [-0.2, -0.15) is 0 Å². The summed E-state index contributed by atoms with van der Waals surface area (Å²) in [6.45, 7) is 4.20. The second-order valence-electron chi connectivity index (χ2n) is 6.90. The molecule has 0 spiro atoms. The summed E-state index contributed by atoms with van der Waals surface area (Å²) in [5.74, 6) is 0.0843. The van der Waals surface area contributed by atoms with E-state index in [1.807, 2.05) is 35.7 Å². The van der Waals surface area contributed by atoms with Crippen molar-refractivity contribution in [3.05, 3.63) is 77.1 Å². The molecule has 0 saturated carbocycles. The first-order chi connectivity index (χ1) is 13.6. The molecule has 6 heteroatoms. The molecule has 0 aliphatic carbocycles. The summed E-state index contributed by atoms with van der Waals surface area (Å²) in [6.07, 6.45) is 6.97. The average Bonchev–Trinajstić information content (AvgIpc) is 3.25. The molecule has 140 valence electrons. The van der Waals surface area contributed by atoms with Gasteiger partial charge in [-0.1, -0.05) is 26.0 Å². The van der Waals surface area contributed by atoms with E-state index in [0.29, 0.717) is 5.69 Å². The first kappa shape index (κ1) is 18.3. The van der Waals surface area contributed by atoms with Crippen LogP contribution in [0.5, 0.6) is 0 Å². The molecule has 28 heavy (non-hydrogen) atoms. The summed E-state index contributed by atoms with van der Waals surface area (Å²) in [4.78, 5) is 27.2. The predicted molar refractivity (Wildman–Crippen MR) is 112 cm³/mol. The van der Waals surface area contributed by atoms with Gasteiger partial charge in [0.05, 0.1) is 11.6 Å². The summed E-state index contributed by atoms with van der Waals surface area (Å²) >= 11 is 1.65. The van der Waals surface area contributed by atoms with Gasteiger partial charge in [-0.15, -0.1) is 11.3 Å². The first-order valence-electron chi connectivity index (χ1n) is 9.13. The van der Waals surface area contributed by atoms with Crippen LogP contribution in [0.25, 0.3) is 22.0 Å². The fourth-order valence-electron chi connectivity index (χ4n) is 3.20. The Kier molecular flexibility index (Phi) is 5.12. The Morgan fingerprint density at radius 3 is 2.64 bits per heavy atom. The van der Waals surface area contributed by atoms with Crippen molar-refractivity contribution in [2.24, 2.45) is 5.92 Å². The van der Waals surface area contributed by atoms with E-state index in [9.17, 15) is 4.79 Å². The van der Waals surface area contributed by atoms with Gasteiger partial charge in [-0.25, -0.2) is 4.98 Å². The molecule has 0 aromatic carbocycles. The maximum absolute atomic E-state index is 13.1. The van der Waals surface area contributed by atoms with Crippen molar-refractivity contribution < 1.29 is 4.79 Å². The lowest BCUT2D eigenvalue weighted by Gasteiger charge is -2.21. The molecular weight excluding hydrogens is 368 g/mol. The largest absolute Gasteiger partial charge is 0.343 e. The number of hydrogen-bond acceptors (Lipinski definition) is 5. The standard InChI is InChI=1S/C22H20N4OS/c1-14(2)21(20-6-4-10-28-20)26-22(27)19-11-16(15-5-3-8-23-12-15)17-13-24-9-7-18(17)25-19/h3-14,21H,1-2H3,(H,26,27). The highest BCUT2D eigenvalue weighted by molar-refractivity contribution is 7.10. The number of rotatable bonds is 5. The maximum atomic E-state index is 13.1. The third kappa shape index (κ3) is 3.64. The minimum absolute atomic E-state index is 0.0516. The molecule has 1 amide bonds. The van der Waals surface area contributed by atoms with Crippen LogP contribution in [-0.2, 0) is 0 Å². The average molecular weight is 388 g/mol. The van der Waals surface area contributed by atoms with Gasteiger partial charge in [-0.3, -0.25) is 14.8 Å². The number of aromatic nitrogens is 3. The zero-order valence-electron chi connectivity index (χ0n) is 15.7. The van der Waals surface area contributed by atoms with Crippen LogP contribution in [0.2, 0.25) is 0 Å². The molecular formula is C22H20N4OS. The van der Waals surface area contributed by atoms with Crippen molar-refractivity contribution in [1.29, 1.82) is 0 Å². The van der Waals surface area contributed by atoms with Crippen LogP contribution in [0.1, 0.15) is 35.3 Å². The summed E-state index contributed by atoms with van der Waals surface area (Å²) in [7, 11) is 0. The van der Waals surface area contributed by atoms with E-state index in [0.717, 1.165) is 26.9 Å². The van der Waals surface area contributed by atoms with Crippen LogP contribution >= 0.6 is 11.3 Å². The zero-order chi connectivity index (χ0) is 19.5. The topological polar surface area (TPSA) is 67.8 Å². The van der Waals surface area contributed by atoms with Crippen molar-refractivity contribution in [3.63, 3.8) is 0 Å². The Balaban J connectivity index is 1.75. The molecule has 1 unspecified atom stereocenters. The minimum Gasteiger partial charge on any atom is -0.343 e. The highest BCUT2D eigenvalue weighted by Crippen LogP contribution is 2.29. The molecule has 4 aromatic heterocycles. The monoisotopic (exact) mass is 388 g/mol. The fourth-order valence-corrected chi connectivity index (χ4v) is 4.14. The van der Waals surface area contributed by atoms with E-state index >= 15 is 0 Å². The number of nitrogens with zero attached hydrogens (tertiary/aromatic N) is 3. The van der Waals surface area contributed by atoms with Crippen LogP contribution < -0.4 is 5.32 Å². The molecule has 0 saturated heterocycles. The number of pyridine rings is 3. The molecule has 0 bridgehead atoms. The molecule has 4 aromatic rings. The van der Waals surface area contributed by atoms with Crippen LogP contribution in [0, 0.1) is 5.92 Å². The molecule has 0 aliphatic rings. The van der Waals surface area contributed by atoms with Gasteiger partial charge in [0.2, 0.25) is 0 Å². The Hall–Kier alpha value is -3.12. The van der Waals surface area contributed by atoms with E-state index < -0.39 is 0 Å². The molecule has 4 rings (SSSR count). The number of carbonyl (C=O) groups is 1. The minimum atomic E-state index is -0.184. The quantitative estimate of drug-likeness (QED) is 0.529. The van der Waals surface area contributed by atoms with E-state index in [-0.39, 0.29) is 17.9 Å². The highest BCUT2D eigenvalue weighted by Gasteiger charge is 2.21. The Morgan fingerprint density at radius 2 is 1.93 bits per heavy atom. The third-order valence-corrected chi connectivity index (χ3v) is 5.57. The summed E-state index contributed by atoms with van der Waals surface area (Å²) in [6, 6.07) is 11.5. The second kappa shape index (κ2) is 7.86. The number of hydrogen-bond donors (Lipinski definition) is 1. The van der Waals surface area contributed by atoms with Crippen molar-refractivity contribution in [3.8, 4) is 11.1 Å². The molecule has 0 radical (unpaired) electrons.